The van der Waals surface area contributed by atoms with Gasteiger partial charge >= 0.3 is 5.97 Å². The van der Waals surface area contributed by atoms with Crippen LogP contribution in [-0.4, -0.2) is 55.5 Å². The van der Waals surface area contributed by atoms with Gasteiger partial charge in [-0.2, -0.15) is 0 Å². The molecule has 0 aromatic rings. The Hall–Kier alpha value is 0.490. The molecule has 0 aliphatic carbocycles. The monoisotopic (exact) mass is 321 g/mol. The lowest BCUT2D eigenvalue weighted by Crippen LogP contribution is -3.00. The second-order valence-electron chi connectivity index (χ2n) is 3.41. The molecule has 0 aliphatic heterocycles. The molecule has 15 heavy (non-hydrogen) atoms. The number of carbonyl (C=O) groups is 1. The predicted molar refractivity (Wildman–Crippen MR) is 58.9 cm³/mol. The third kappa shape index (κ3) is 8.31. The topological polar surface area (TPSA) is 26.3 Å². The van der Waals surface area contributed by atoms with E-state index in [-0.39, 0.29) is 23.0 Å². The molecule has 0 radical (unpaired) electrons. The summed E-state index contributed by atoms with van der Waals surface area (Å²) in [5.74, 6) is 0.852. The van der Waals surface area contributed by atoms with Crippen molar-refractivity contribution in [1.82, 2.24) is 0 Å². The second kappa shape index (κ2) is 9.70. The zero-order chi connectivity index (χ0) is 11.0. The molecule has 0 spiro atoms. The number of rotatable bonds is 7. The van der Waals surface area contributed by atoms with E-state index in [0.29, 0.717) is 29.4 Å². The molecule has 92 valence electrons. The van der Waals surface area contributed by atoms with Crippen LogP contribution in [-0.2, 0) is 9.53 Å². The number of likely N-dealkylation sites (N-methyl/N-ethyl adjacent to an activating group) is 1. The number of hydrogen-bond acceptors (Lipinski definition) is 2. The summed E-state index contributed by atoms with van der Waals surface area (Å²) in [4.78, 5) is 11.3. The van der Waals surface area contributed by atoms with E-state index in [0.717, 1.165) is 13.1 Å². The van der Waals surface area contributed by atoms with Crippen molar-refractivity contribution < 1.29 is 31.0 Å². The molecule has 0 aromatic heterocycles. The molecule has 0 aromatic carbocycles. The fraction of sp³-hybridized carbons (Fsp3) is 0.889. The maximum Gasteiger partial charge on any atom is 0.361 e. The Morgan fingerprint density at radius 3 is 2.07 bits per heavy atom. The van der Waals surface area contributed by atoms with Gasteiger partial charge in [0.2, 0.25) is 0 Å². The first kappa shape index (κ1) is 17.9. The maximum atomic E-state index is 11.3. The van der Waals surface area contributed by atoms with Crippen molar-refractivity contribution in [3.05, 3.63) is 0 Å². The number of nitrogens with zero attached hydrogens (tertiary/aromatic N) is 1. The van der Waals surface area contributed by atoms with Crippen LogP contribution in [0.5, 0.6) is 0 Å². The van der Waals surface area contributed by atoms with E-state index in [1.165, 1.54) is 0 Å². The third-order valence-corrected chi connectivity index (χ3v) is 2.40. The van der Waals surface area contributed by atoms with Gasteiger partial charge in [-0.05, 0) is 6.92 Å². The van der Waals surface area contributed by atoms with E-state index in [1.54, 1.807) is 6.92 Å². The first-order valence-electron chi connectivity index (χ1n) is 4.69. The van der Waals surface area contributed by atoms with Crippen molar-refractivity contribution in [2.45, 2.75) is 6.92 Å². The number of hydrogen-bond donors (Lipinski definition) is 0. The van der Waals surface area contributed by atoms with Gasteiger partial charge < -0.3 is 26.2 Å². The number of quaternary nitrogens is 1. The number of carbonyl (C=O) groups excluding carboxylic acids is 1. The van der Waals surface area contributed by atoms with Gasteiger partial charge in [0.05, 0.1) is 38.5 Å². The van der Waals surface area contributed by atoms with Crippen molar-refractivity contribution in [2.24, 2.45) is 0 Å². The fourth-order valence-corrected chi connectivity index (χ4v) is 2.01. The van der Waals surface area contributed by atoms with Crippen LogP contribution in [0.15, 0.2) is 0 Å². The molecule has 0 rings (SSSR count). The molecular weight excluding hydrogens is 305 g/mol. The Labute approximate surface area is 112 Å². The number of halogens is 3. The normalized spacial score (nSPS) is 10.7. The SMILES string of the molecule is CCOC(=O)C[N+](C)(CCCl)CCCl.[Br-]. The molecule has 0 saturated carbocycles. The molecule has 0 fully saturated rings. The molecule has 0 unspecified atom stereocenters. The Bertz CT molecular complexity index is 175. The van der Waals surface area contributed by atoms with Crippen LogP contribution >= 0.6 is 23.2 Å². The minimum atomic E-state index is -0.190. The highest BCUT2D eigenvalue weighted by Gasteiger charge is 2.24. The predicted octanol–water partition coefficient (Wildman–Crippen LogP) is -1.52. The minimum Gasteiger partial charge on any atom is -1.00 e. The van der Waals surface area contributed by atoms with Crippen molar-refractivity contribution in [3.63, 3.8) is 0 Å². The largest absolute Gasteiger partial charge is 1.00 e. The minimum absolute atomic E-state index is 0. The quantitative estimate of drug-likeness (QED) is 0.323. The molecule has 0 bridgehead atoms. The van der Waals surface area contributed by atoms with Crippen LogP contribution in [0.2, 0.25) is 0 Å². The van der Waals surface area contributed by atoms with Crippen LogP contribution < -0.4 is 17.0 Å². The first-order chi connectivity index (χ1) is 6.58. The first-order valence-corrected chi connectivity index (χ1v) is 5.76. The van der Waals surface area contributed by atoms with Crippen molar-refractivity contribution in [3.8, 4) is 0 Å². The van der Waals surface area contributed by atoms with Gasteiger partial charge in [0.15, 0.2) is 6.54 Å². The van der Waals surface area contributed by atoms with Crippen LogP contribution in [0.4, 0.5) is 0 Å². The molecule has 0 aliphatic rings. The average molecular weight is 323 g/mol. The molecule has 0 saturated heterocycles. The van der Waals surface area contributed by atoms with Gasteiger partial charge in [-0.1, -0.05) is 0 Å². The summed E-state index contributed by atoms with van der Waals surface area (Å²) in [5.41, 5.74) is 0. The highest BCUT2D eigenvalue weighted by molar-refractivity contribution is 6.18. The summed E-state index contributed by atoms with van der Waals surface area (Å²) in [6.45, 7) is 4.01. The molecule has 6 heteroatoms. The third-order valence-electron chi connectivity index (χ3n) is 2.06. The maximum absolute atomic E-state index is 11.3. The van der Waals surface area contributed by atoms with Crippen molar-refractivity contribution >= 4 is 29.2 Å². The number of esters is 1. The Morgan fingerprint density at radius 1 is 1.27 bits per heavy atom. The lowest BCUT2D eigenvalue weighted by molar-refractivity contribution is -0.897. The van der Waals surface area contributed by atoms with Gasteiger partial charge in [0.25, 0.3) is 0 Å². The number of alkyl halides is 2. The summed E-state index contributed by atoms with van der Waals surface area (Å²) in [5, 5.41) is 0. The summed E-state index contributed by atoms with van der Waals surface area (Å²) >= 11 is 11.3. The summed E-state index contributed by atoms with van der Waals surface area (Å²) < 4.78 is 5.44. The van der Waals surface area contributed by atoms with Gasteiger partial charge in [0.1, 0.15) is 0 Å². The van der Waals surface area contributed by atoms with E-state index in [2.05, 4.69) is 0 Å². The van der Waals surface area contributed by atoms with Crippen molar-refractivity contribution in [2.75, 3.05) is 45.0 Å². The standard InChI is InChI=1S/C9H18Cl2NO2.BrH/c1-3-14-9(13)8-12(2,6-4-10)7-5-11;/h3-8H2,1-2H3;1H/q+1;/p-1. The van der Waals surface area contributed by atoms with Crippen LogP contribution in [0.3, 0.4) is 0 Å². The molecule has 0 atom stereocenters. The zero-order valence-corrected chi connectivity index (χ0v) is 12.2. The van der Waals surface area contributed by atoms with Crippen LogP contribution in [0.25, 0.3) is 0 Å². The summed E-state index contributed by atoms with van der Waals surface area (Å²) in [7, 11) is 1.96. The van der Waals surface area contributed by atoms with Gasteiger partial charge in [-0.15, -0.1) is 23.2 Å². The Kier molecular flexibility index (Phi) is 11.6. The Morgan fingerprint density at radius 2 is 1.73 bits per heavy atom. The van der Waals surface area contributed by atoms with E-state index in [1.807, 2.05) is 7.05 Å². The summed E-state index contributed by atoms with van der Waals surface area (Å²) in [6.07, 6.45) is 0. The molecule has 0 heterocycles. The van der Waals surface area contributed by atoms with E-state index >= 15 is 0 Å². The molecule has 0 amide bonds. The Balaban J connectivity index is 0. The molecule has 0 N–H and O–H groups in total. The van der Waals surface area contributed by atoms with Crippen LogP contribution in [0, 0.1) is 0 Å². The van der Waals surface area contributed by atoms with Gasteiger partial charge in [-0.25, -0.2) is 4.79 Å². The molecular formula is C9H18BrCl2NO2. The lowest BCUT2D eigenvalue weighted by atomic mass is 10.4. The second-order valence-corrected chi connectivity index (χ2v) is 4.16. The zero-order valence-electron chi connectivity index (χ0n) is 9.14. The number of ether oxygens (including phenoxy) is 1. The van der Waals surface area contributed by atoms with Crippen molar-refractivity contribution in [1.29, 1.82) is 0 Å². The van der Waals surface area contributed by atoms with E-state index in [9.17, 15) is 4.79 Å². The van der Waals surface area contributed by atoms with E-state index in [4.69, 9.17) is 27.9 Å². The summed E-state index contributed by atoms with van der Waals surface area (Å²) in [6, 6.07) is 0. The highest BCUT2D eigenvalue weighted by atomic mass is 79.9. The van der Waals surface area contributed by atoms with Crippen LogP contribution in [0.1, 0.15) is 6.92 Å². The fourth-order valence-electron chi connectivity index (χ4n) is 1.20. The average Bonchev–Trinajstić information content (AvgIpc) is 2.04. The van der Waals surface area contributed by atoms with E-state index < -0.39 is 0 Å². The highest BCUT2D eigenvalue weighted by Crippen LogP contribution is 2.04. The van der Waals surface area contributed by atoms with Gasteiger partial charge in [-0.3, -0.25) is 0 Å². The molecule has 3 nitrogen and oxygen atoms in total. The lowest BCUT2D eigenvalue weighted by Gasteiger charge is -2.32. The smallest absolute Gasteiger partial charge is 0.361 e. The van der Waals surface area contributed by atoms with Gasteiger partial charge in [0, 0.05) is 0 Å².